The number of aryl methyl sites for hydroxylation is 1. The van der Waals surface area contributed by atoms with E-state index in [-0.39, 0.29) is 17.6 Å². The van der Waals surface area contributed by atoms with Crippen LogP contribution in [0.2, 0.25) is 0 Å². The molecule has 1 atom stereocenters. The number of carbonyl (C=O) groups is 1. The smallest absolute Gasteiger partial charge is 0.273 e. The van der Waals surface area contributed by atoms with Gasteiger partial charge in [0.25, 0.3) is 5.91 Å². The van der Waals surface area contributed by atoms with Crippen LogP contribution in [0.3, 0.4) is 0 Å². The Morgan fingerprint density at radius 3 is 2.83 bits per heavy atom. The van der Waals surface area contributed by atoms with Crippen LogP contribution in [0.5, 0.6) is 11.5 Å². The van der Waals surface area contributed by atoms with Crippen molar-refractivity contribution in [1.82, 2.24) is 14.8 Å². The van der Waals surface area contributed by atoms with E-state index in [1.807, 2.05) is 64.4 Å². The van der Waals surface area contributed by atoms with Crippen molar-refractivity contribution in [3.8, 4) is 11.5 Å². The fraction of sp³-hybridized carbons (Fsp3) is 0.455. The lowest BCUT2D eigenvalue weighted by atomic mass is 10.1. The molecule has 0 aliphatic carbocycles. The van der Waals surface area contributed by atoms with Gasteiger partial charge in [-0.25, -0.2) is 4.68 Å². The summed E-state index contributed by atoms with van der Waals surface area (Å²) in [5, 5.41) is 8.36. The van der Waals surface area contributed by atoms with Crippen molar-refractivity contribution in [1.29, 1.82) is 0 Å². The van der Waals surface area contributed by atoms with Crippen molar-refractivity contribution in [2.45, 2.75) is 59.6 Å². The molecule has 0 unspecified atom stereocenters. The Morgan fingerprint density at radius 2 is 2.14 bits per heavy atom. The highest BCUT2D eigenvalue weighted by Crippen LogP contribution is 2.41. The molecule has 7 nitrogen and oxygen atoms in total. The first kappa shape index (κ1) is 19.4. The third-order valence-corrected chi connectivity index (χ3v) is 4.99. The van der Waals surface area contributed by atoms with Crippen LogP contribution in [0.4, 0.5) is 5.82 Å². The zero-order valence-corrected chi connectivity index (χ0v) is 17.8. The number of amides is 1. The lowest BCUT2D eigenvalue weighted by Gasteiger charge is -2.22. The molecule has 1 aliphatic rings. The molecular weight excluding hydrogens is 368 g/mol. The minimum absolute atomic E-state index is 0.106. The number of carbonyl (C=O) groups excluding carboxylic acids is 1. The Hall–Kier alpha value is -2.96. The molecule has 0 spiro atoms. The van der Waals surface area contributed by atoms with Gasteiger partial charge in [-0.1, -0.05) is 0 Å². The first-order valence-corrected chi connectivity index (χ1v) is 10.0. The molecule has 0 saturated heterocycles. The second-order valence-electron chi connectivity index (χ2n) is 8.61. The molecule has 7 heteroatoms. The minimum atomic E-state index is -0.246. The fourth-order valence-corrected chi connectivity index (χ4v) is 3.81. The molecule has 1 aliphatic heterocycles. The standard InChI is InChI=1S/C22H28N4O3/c1-7-28-17-10-14-9-13(3)29-20(14)19-15(17)11-16(23-19)21(27)24-18-8-12(2)25-26(18)22(4,5)6/h8,10-11,13,23H,7,9H2,1-6H3,(H,24,27)/t13-/m1/s1. The van der Waals surface area contributed by atoms with Crippen LogP contribution in [-0.2, 0) is 12.0 Å². The van der Waals surface area contributed by atoms with Gasteiger partial charge in [-0.2, -0.15) is 5.10 Å². The van der Waals surface area contributed by atoms with E-state index in [9.17, 15) is 4.79 Å². The van der Waals surface area contributed by atoms with Crippen LogP contribution < -0.4 is 14.8 Å². The number of nitrogens with one attached hydrogen (secondary N) is 2. The lowest BCUT2D eigenvalue weighted by Crippen LogP contribution is -2.26. The fourth-order valence-electron chi connectivity index (χ4n) is 3.81. The van der Waals surface area contributed by atoms with Crippen molar-refractivity contribution >= 4 is 22.6 Å². The number of hydrogen-bond donors (Lipinski definition) is 2. The quantitative estimate of drug-likeness (QED) is 0.685. The summed E-state index contributed by atoms with van der Waals surface area (Å²) < 4.78 is 13.7. The second kappa shape index (κ2) is 6.83. The molecule has 0 radical (unpaired) electrons. The summed E-state index contributed by atoms with van der Waals surface area (Å²) in [7, 11) is 0. The number of H-pyrrole nitrogens is 1. The van der Waals surface area contributed by atoms with Gasteiger partial charge in [-0.15, -0.1) is 0 Å². The highest BCUT2D eigenvalue weighted by molar-refractivity contribution is 6.07. The van der Waals surface area contributed by atoms with Gasteiger partial charge in [-0.05, 0) is 53.7 Å². The summed E-state index contributed by atoms with van der Waals surface area (Å²) in [5.41, 5.74) is 2.97. The number of benzene rings is 1. The summed E-state index contributed by atoms with van der Waals surface area (Å²) in [4.78, 5) is 16.3. The van der Waals surface area contributed by atoms with Gasteiger partial charge in [-0.3, -0.25) is 4.79 Å². The summed E-state index contributed by atoms with van der Waals surface area (Å²) in [6, 6.07) is 5.73. The maximum Gasteiger partial charge on any atom is 0.273 e. The van der Waals surface area contributed by atoms with Crippen LogP contribution in [0.1, 0.15) is 56.4 Å². The average molecular weight is 396 g/mol. The summed E-state index contributed by atoms with van der Waals surface area (Å²) in [6.07, 6.45) is 0.936. The van der Waals surface area contributed by atoms with Gasteiger partial charge in [0.2, 0.25) is 0 Å². The number of aromatic amines is 1. The SMILES string of the molecule is CCOc1cc2c(c3[nH]c(C(=O)Nc4cc(C)nn4C(C)(C)C)cc13)O[C@H](C)C2. The van der Waals surface area contributed by atoms with E-state index in [1.165, 1.54) is 0 Å². The van der Waals surface area contributed by atoms with Gasteiger partial charge in [0.1, 0.15) is 29.1 Å². The molecule has 154 valence electrons. The van der Waals surface area contributed by atoms with Crippen LogP contribution in [0.25, 0.3) is 10.9 Å². The van der Waals surface area contributed by atoms with E-state index >= 15 is 0 Å². The first-order valence-electron chi connectivity index (χ1n) is 10.0. The normalized spacial score (nSPS) is 16.0. The molecule has 4 rings (SSSR count). The maximum atomic E-state index is 13.0. The number of anilines is 1. The number of rotatable bonds is 4. The van der Waals surface area contributed by atoms with Crippen molar-refractivity contribution in [2.75, 3.05) is 11.9 Å². The topological polar surface area (TPSA) is 81.2 Å². The van der Waals surface area contributed by atoms with Gasteiger partial charge >= 0.3 is 0 Å². The van der Waals surface area contributed by atoms with Crippen LogP contribution in [0.15, 0.2) is 18.2 Å². The van der Waals surface area contributed by atoms with Crippen molar-refractivity contribution in [3.05, 3.63) is 35.2 Å². The van der Waals surface area contributed by atoms with Crippen molar-refractivity contribution in [2.24, 2.45) is 0 Å². The zero-order chi connectivity index (χ0) is 20.9. The third-order valence-electron chi connectivity index (χ3n) is 4.99. The number of hydrogen-bond acceptors (Lipinski definition) is 4. The Kier molecular flexibility index (Phi) is 4.56. The highest BCUT2D eigenvalue weighted by Gasteiger charge is 2.27. The molecule has 29 heavy (non-hydrogen) atoms. The molecule has 0 fully saturated rings. The van der Waals surface area contributed by atoms with E-state index in [0.29, 0.717) is 18.1 Å². The predicted octanol–water partition coefficient (Wildman–Crippen LogP) is 4.40. The molecule has 1 aromatic carbocycles. The Balaban J connectivity index is 1.73. The monoisotopic (exact) mass is 396 g/mol. The van der Waals surface area contributed by atoms with Crippen molar-refractivity contribution in [3.63, 3.8) is 0 Å². The Bertz CT molecular complexity index is 1090. The van der Waals surface area contributed by atoms with E-state index in [0.717, 1.165) is 40.1 Å². The largest absolute Gasteiger partial charge is 0.493 e. The van der Waals surface area contributed by atoms with Crippen molar-refractivity contribution < 1.29 is 14.3 Å². The molecule has 2 aromatic heterocycles. The van der Waals surface area contributed by atoms with Crippen LogP contribution >= 0.6 is 0 Å². The molecule has 3 aromatic rings. The summed E-state index contributed by atoms with van der Waals surface area (Å²) in [6.45, 7) is 12.6. The molecule has 2 N–H and O–H groups in total. The van der Waals surface area contributed by atoms with Crippen LogP contribution in [0, 0.1) is 6.92 Å². The molecule has 0 saturated carbocycles. The first-order chi connectivity index (χ1) is 13.7. The lowest BCUT2D eigenvalue weighted by molar-refractivity contribution is 0.102. The summed E-state index contributed by atoms with van der Waals surface area (Å²) in [5.74, 6) is 2.02. The summed E-state index contributed by atoms with van der Waals surface area (Å²) >= 11 is 0. The third kappa shape index (κ3) is 3.45. The Morgan fingerprint density at radius 1 is 1.38 bits per heavy atom. The minimum Gasteiger partial charge on any atom is -0.493 e. The van der Waals surface area contributed by atoms with Gasteiger partial charge in [0, 0.05) is 23.4 Å². The number of aromatic nitrogens is 3. The molecular formula is C22H28N4O3. The number of ether oxygens (including phenoxy) is 2. The predicted molar refractivity (Wildman–Crippen MR) is 113 cm³/mol. The van der Waals surface area contributed by atoms with Gasteiger partial charge < -0.3 is 19.8 Å². The second-order valence-corrected chi connectivity index (χ2v) is 8.61. The molecule has 1 amide bonds. The van der Waals surface area contributed by atoms with Gasteiger partial charge in [0.15, 0.2) is 0 Å². The van der Waals surface area contributed by atoms with E-state index < -0.39 is 0 Å². The highest BCUT2D eigenvalue weighted by atomic mass is 16.5. The van der Waals surface area contributed by atoms with E-state index in [1.54, 1.807) is 0 Å². The van der Waals surface area contributed by atoms with Crippen LogP contribution in [-0.4, -0.2) is 33.4 Å². The number of nitrogens with zero attached hydrogens (tertiary/aromatic N) is 2. The Labute approximate surface area is 170 Å². The van der Waals surface area contributed by atoms with Gasteiger partial charge in [0.05, 0.1) is 23.4 Å². The van der Waals surface area contributed by atoms with E-state index in [4.69, 9.17) is 9.47 Å². The molecule has 0 bridgehead atoms. The maximum absolute atomic E-state index is 13.0. The molecule has 3 heterocycles. The number of fused-ring (bicyclic) bond motifs is 3. The average Bonchev–Trinajstić information content (AvgIpc) is 3.30. The zero-order valence-electron chi connectivity index (χ0n) is 17.8. The van der Waals surface area contributed by atoms with E-state index in [2.05, 4.69) is 15.4 Å².